The molecule has 1 fully saturated rings. The van der Waals surface area contributed by atoms with Crippen molar-refractivity contribution in [3.8, 4) is 0 Å². The Morgan fingerprint density at radius 1 is 1.07 bits per heavy atom. The number of nitrogens with zero attached hydrogens (tertiary/aromatic N) is 2. The van der Waals surface area contributed by atoms with Gasteiger partial charge in [0.2, 0.25) is 0 Å². The number of piperazine rings is 1. The van der Waals surface area contributed by atoms with Gasteiger partial charge in [0.15, 0.2) is 0 Å². The highest BCUT2D eigenvalue weighted by Gasteiger charge is 2.33. The number of hydrogen-bond acceptors (Lipinski definition) is 5. The molecule has 0 bridgehead atoms. The van der Waals surface area contributed by atoms with E-state index in [1.807, 2.05) is 26.8 Å². The molecule has 0 saturated carbocycles. The molecule has 1 aliphatic carbocycles. The maximum atomic E-state index is 12.6. The second-order valence-corrected chi connectivity index (χ2v) is 8.68. The normalized spacial score (nSPS) is 20.3. The Morgan fingerprint density at radius 2 is 1.70 bits per heavy atom. The Hall–Kier alpha value is -1.50. The second-order valence-electron chi connectivity index (χ2n) is 7.86. The van der Waals surface area contributed by atoms with Crippen LogP contribution in [0.25, 0.3) is 0 Å². The predicted octanol–water partition coefficient (Wildman–Crippen LogP) is 4.03. The first-order chi connectivity index (χ1) is 12.6. The fourth-order valence-electron chi connectivity index (χ4n) is 3.32. The Morgan fingerprint density at radius 3 is 2.33 bits per heavy atom. The van der Waals surface area contributed by atoms with Crippen LogP contribution in [0, 0.1) is 0 Å². The highest BCUT2D eigenvalue weighted by molar-refractivity contribution is 6.42. The molecule has 8 heteroatoms. The quantitative estimate of drug-likeness (QED) is 0.730. The van der Waals surface area contributed by atoms with E-state index >= 15 is 0 Å². The minimum Gasteiger partial charge on any atom is -0.444 e. The molecule has 1 amide bonds. The van der Waals surface area contributed by atoms with Crippen molar-refractivity contribution in [1.82, 2.24) is 9.96 Å². The monoisotopic (exact) mass is 414 g/mol. The summed E-state index contributed by atoms with van der Waals surface area (Å²) in [4.78, 5) is 31.9. The first-order valence-electron chi connectivity index (χ1n) is 9.06. The van der Waals surface area contributed by atoms with Crippen LogP contribution in [0.4, 0.5) is 4.79 Å². The number of hydrogen-bond donors (Lipinski definition) is 0. The molecule has 1 aromatic rings. The zero-order chi connectivity index (χ0) is 19.8. The standard InChI is InChI=1S/C19H24Cl2N2O4/c1-19(2,3)26-18(25)22-6-8-23(9-7-22)27-17(24)13-5-4-12-10-15(20)16(21)11-14(12)13/h10-11,13H,4-9H2,1-3H3. The molecule has 2 aliphatic rings. The maximum absolute atomic E-state index is 12.6. The summed E-state index contributed by atoms with van der Waals surface area (Å²) in [5.74, 6) is -0.628. The van der Waals surface area contributed by atoms with Crippen LogP contribution in [0.3, 0.4) is 0 Å². The Bertz CT molecular complexity index is 740. The number of halogens is 2. The van der Waals surface area contributed by atoms with E-state index in [0.717, 1.165) is 17.5 Å². The summed E-state index contributed by atoms with van der Waals surface area (Å²) in [5, 5.41) is 2.56. The van der Waals surface area contributed by atoms with Gasteiger partial charge in [-0.25, -0.2) is 9.59 Å². The lowest BCUT2D eigenvalue weighted by molar-refractivity contribution is -0.198. The van der Waals surface area contributed by atoms with Gasteiger partial charge in [-0.05, 0) is 56.9 Å². The van der Waals surface area contributed by atoms with Gasteiger partial charge in [-0.3, -0.25) is 0 Å². The third kappa shape index (κ3) is 4.86. The van der Waals surface area contributed by atoms with Gasteiger partial charge in [-0.15, -0.1) is 5.06 Å². The summed E-state index contributed by atoms with van der Waals surface area (Å²) in [6.45, 7) is 7.30. The minimum atomic E-state index is -0.527. The Kier molecular flexibility index (Phi) is 5.89. The largest absolute Gasteiger partial charge is 0.444 e. The first-order valence-corrected chi connectivity index (χ1v) is 9.82. The van der Waals surface area contributed by atoms with Crippen LogP contribution < -0.4 is 0 Å². The van der Waals surface area contributed by atoms with Crippen LogP contribution in [0.5, 0.6) is 0 Å². The fourth-order valence-corrected chi connectivity index (χ4v) is 3.68. The molecule has 1 unspecified atom stereocenters. The van der Waals surface area contributed by atoms with E-state index in [2.05, 4.69) is 0 Å². The van der Waals surface area contributed by atoms with Crippen LogP contribution in [-0.4, -0.2) is 53.8 Å². The molecule has 0 N–H and O–H groups in total. The smallest absolute Gasteiger partial charge is 0.410 e. The van der Waals surface area contributed by atoms with Crippen LogP contribution in [0.2, 0.25) is 10.0 Å². The van der Waals surface area contributed by atoms with Crippen LogP contribution in [0.1, 0.15) is 44.2 Å². The van der Waals surface area contributed by atoms with Crippen molar-refractivity contribution in [1.29, 1.82) is 0 Å². The molecule has 1 aromatic carbocycles. The number of carbonyl (C=O) groups excluding carboxylic acids is 2. The van der Waals surface area contributed by atoms with Crippen LogP contribution in [0.15, 0.2) is 12.1 Å². The number of benzene rings is 1. The van der Waals surface area contributed by atoms with Crippen molar-refractivity contribution < 1.29 is 19.2 Å². The molecule has 1 heterocycles. The highest BCUT2D eigenvalue weighted by atomic mass is 35.5. The summed E-state index contributed by atoms with van der Waals surface area (Å²) >= 11 is 12.2. The lowest BCUT2D eigenvalue weighted by Gasteiger charge is -2.34. The third-order valence-corrected chi connectivity index (χ3v) is 5.38. The zero-order valence-electron chi connectivity index (χ0n) is 15.8. The van der Waals surface area contributed by atoms with E-state index < -0.39 is 5.60 Å². The van der Waals surface area contributed by atoms with Gasteiger partial charge in [0.05, 0.1) is 29.1 Å². The minimum absolute atomic E-state index is 0.294. The molecule has 0 aromatic heterocycles. The summed E-state index contributed by atoms with van der Waals surface area (Å²) in [6, 6.07) is 3.59. The van der Waals surface area contributed by atoms with E-state index in [1.165, 1.54) is 0 Å². The van der Waals surface area contributed by atoms with Gasteiger partial charge in [-0.2, -0.15) is 0 Å². The van der Waals surface area contributed by atoms with E-state index in [-0.39, 0.29) is 18.0 Å². The Balaban J connectivity index is 1.54. The molecule has 3 rings (SSSR count). The summed E-state index contributed by atoms with van der Waals surface area (Å²) in [7, 11) is 0. The van der Waals surface area contributed by atoms with Crippen molar-refractivity contribution in [2.24, 2.45) is 0 Å². The average Bonchev–Trinajstić information content (AvgIpc) is 2.97. The third-order valence-electron chi connectivity index (χ3n) is 4.65. The molecule has 6 nitrogen and oxygen atoms in total. The number of carbonyl (C=O) groups is 2. The lowest BCUT2D eigenvalue weighted by atomic mass is 10.0. The van der Waals surface area contributed by atoms with Gasteiger partial charge < -0.3 is 14.5 Å². The predicted molar refractivity (Wildman–Crippen MR) is 103 cm³/mol. The van der Waals surface area contributed by atoms with E-state index in [4.69, 9.17) is 32.8 Å². The van der Waals surface area contributed by atoms with E-state index in [9.17, 15) is 9.59 Å². The molecular formula is C19H24Cl2N2O4. The first kappa shape index (κ1) is 20.2. The molecule has 1 atom stereocenters. The van der Waals surface area contributed by atoms with Crippen molar-refractivity contribution in [3.05, 3.63) is 33.3 Å². The van der Waals surface area contributed by atoms with Gasteiger partial charge in [0.25, 0.3) is 0 Å². The maximum Gasteiger partial charge on any atom is 0.410 e. The van der Waals surface area contributed by atoms with Gasteiger partial charge >= 0.3 is 12.1 Å². The lowest BCUT2D eigenvalue weighted by Crippen LogP contribution is -2.50. The molecule has 1 aliphatic heterocycles. The molecule has 1 saturated heterocycles. The van der Waals surface area contributed by atoms with Gasteiger partial charge in [-0.1, -0.05) is 23.2 Å². The highest BCUT2D eigenvalue weighted by Crippen LogP contribution is 2.38. The number of rotatable bonds is 2. The van der Waals surface area contributed by atoms with Gasteiger partial charge in [0.1, 0.15) is 5.60 Å². The molecule has 0 spiro atoms. The molecular weight excluding hydrogens is 391 g/mol. The summed E-state index contributed by atoms with van der Waals surface area (Å²) in [6.07, 6.45) is 1.12. The number of fused-ring (bicyclic) bond motifs is 1. The second kappa shape index (κ2) is 7.86. The topological polar surface area (TPSA) is 59.1 Å². The molecule has 27 heavy (non-hydrogen) atoms. The van der Waals surface area contributed by atoms with Crippen molar-refractivity contribution in [2.45, 2.75) is 45.1 Å². The number of amides is 1. The van der Waals surface area contributed by atoms with E-state index in [0.29, 0.717) is 42.6 Å². The molecule has 0 radical (unpaired) electrons. The van der Waals surface area contributed by atoms with Crippen LogP contribution >= 0.6 is 23.2 Å². The van der Waals surface area contributed by atoms with Crippen molar-refractivity contribution in [2.75, 3.05) is 26.2 Å². The van der Waals surface area contributed by atoms with Crippen LogP contribution in [-0.2, 0) is 20.8 Å². The zero-order valence-corrected chi connectivity index (χ0v) is 17.3. The number of hydroxylamine groups is 2. The SMILES string of the molecule is CC(C)(C)OC(=O)N1CCN(OC(=O)C2CCc3cc(Cl)c(Cl)cc32)CC1. The number of ether oxygens (including phenoxy) is 1. The average molecular weight is 415 g/mol. The summed E-state index contributed by atoms with van der Waals surface area (Å²) in [5.41, 5.74) is 1.41. The molecule has 148 valence electrons. The Labute approximate surface area is 169 Å². The van der Waals surface area contributed by atoms with Crippen molar-refractivity contribution >= 4 is 35.3 Å². The summed E-state index contributed by atoms with van der Waals surface area (Å²) < 4.78 is 5.37. The van der Waals surface area contributed by atoms with Gasteiger partial charge in [0, 0.05) is 13.1 Å². The fraction of sp³-hybridized carbons (Fsp3) is 0.579. The van der Waals surface area contributed by atoms with E-state index in [1.54, 1.807) is 16.0 Å². The number of aryl methyl sites for hydroxylation is 1. The van der Waals surface area contributed by atoms with Crippen molar-refractivity contribution in [3.63, 3.8) is 0 Å².